The lowest BCUT2D eigenvalue weighted by Gasteiger charge is -2.21. The molecule has 0 bridgehead atoms. The Balaban J connectivity index is 1.73. The van der Waals surface area contributed by atoms with Crippen molar-refractivity contribution in [2.24, 2.45) is 0 Å². The third-order valence-electron chi connectivity index (χ3n) is 4.01. The summed E-state index contributed by atoms with van der Waals surface area (Å²) in [5.74, 6) is 0. The van der Waals surface area contributed by atoms with Crippen molar-refractivity contribution < 1.29 is 0 Å². The molecule has 0 aromatic heterocycles. The highest BCUT2D eigenvalue weighted by atomic mass is 15.1. The lowest BCUT2D eigenvalue weighted by molar-refractivity contribution is 0.294. The number of nitrogens with one attached hydrogen (secondary N) is 1. The van der Waals surface area contributed by atoms with Gasteiger partial charge >= 0.3 is 0 Å². The molecule has 1 atom stereocenters. The molecule has 2 aromatic carbocycles. The van der Waals surface area contributed by atoms with Crippen molar-refractivity contribution in [3.05, 3.63) is 48.0 Å². The molecule has 1 N–H and O–H groups in total. The molecule has 0 radical (unpaired) electrons. The summed E-state index contributed by atoms with van der Waals surface area (Å²) < 4.78 is 0. The van der Waals surface area contributed by atoms with Crippen LogP contribution in [0.3, 0.4) is 0 Å². The van der Waals surface area contributed by atoms with Crippen LogP contribution >= 0.6 is 0 Å². The van der Waals surface area contributed by atoms with E-state index in [0.29, 0.717) is 6.04 Å². The van der Waals surface area contributed by atoms with Gasteiger partial charge in [-0.2, -0.15) is 0 Å². The third kappa shape index (κ3) is 2.96. The Morgan fingerprint density at radius 1 is 1.16 bits per heavy atom. The van der Waals surface area contributed by atoms with E-state index in [1.165, 1.54) is 35.7 Å². The highest BCUT2D eigenvalue weighted by Gasteiger charge is 2.16. The van der Waals surface area contributed by atoms with E-state index in [-0.39, 0.29) is 0 Å². The molecule has 1 unspecified atom stereocenters. The lowest BCUT2D eigenvalue weighted by Crippen LogP contribution is -2.34. The van der Waals surface area contributed by atoms with Crippen molar-refractivity contribution in [3.63, 3.8) is 0 Å². The van der Waals surface area contributed by atoms with Crippen molar-refractivity contribution >= 4 is 10.8 Å². The van der Waals surface area contributed by atoms with Crippen LogP contribution in [0.2, 0.25) is 0 Å². The van der Waals surface area contributed by atoms with E-state index in [0.717, 1.165) is 13.1 Å². The SMILES string of the molecule is CN(Cc1cccc2ccccc12)CC1CCCN1. The van der Waals surface area contributed by atoms with Crippen molar-refractivity contribution in [1.82, 2.24) is 10.2 Å². The molecule has 0 amide bonds. The second-order valence-electron chi connectivity index (χ2n) is 5.63. The standard InChI is InChI=1S/C17H22N2/c1-19(13-16-9-5-11-18-16)12-15-8-4-7-14-6-2-3-10-17(14)15/h2-4,6-8,10,16,18H,5,9,11-13H2,1H3. The monoisotopic (exact) mass is 254 g/mol. The number of hydrogen-bond donors (Lipinski definition) is 1. The molecule has 0 aliphatic carbocycles. The van der Waals surface area contributed by atoms with Gasteiger partial charge in [-0.3, -0.25) is 0 Å². The fraction of sp³-hybridized carbons (Fsp3) is 0.412. The fourth-order valence-electron chi connectivity index (χ4n) is 3.07. The predicted molar refractivity (Wildman–Crippen MR) is 81.3 cm³/mol. The average Bonchev–Trinajstić information content (AvgIpc) is 2.92. The van der Waals surface area contributed by atoms with E-state index in [4.69, 9.17) is 0 Å². The molecule has 3 rings (SSSR count). The van der Waals surface area contributed by atoms with Crippen LogP contribution in [0.5, 0.6) is 0 Å². The molecule has 19 heavy (non-hydrogen) atoms. The third-order valence-corrected chi connectivity index (χ3v) is 4.01. The first-order valence-electron chi connectivity index (χ1n) is 7.21. The first-order chi connectivity index (χ1) is 9.33. The summed E-state index contributed by atoms with van der Waals surface area (Å²) in [5.41, 5.74) is 1.43. The molecule has 2 aromatic rings. The van der Waals surface area contributed by atoms with E-state index in [9.17, 15) is 0 Å². The maximum absolute atomic E-state index is 3.57. The zero-order valence-corrected chi connectivity index (χ0v) is 11.6. The Morgan fingerprint density at radius 2 is 2.00 bits per heavy atom. The van der Waals surface area contributed by atoms with Gasteiger partial charge in [-0.25, -0.2) is 0 Å². The van der Waals surface area contributed by atoms with Crippen LogP contribution in [-0.2, 0) is 6.54 Å². The van der Waals surface area contributed by atoms with Crippen molar-refractivity contribution in [1.29, 1.82) is 0 Å². The summed E-state index contributed by atoms with van der Waals surface area (Å²) >= 11 is 0. The van der Waals surface area contributed by atoms with Crippen LogP contribution in [-0.4, -0.2) is 31.1 Å². The van der Waals surface area contributed by atoms with E-state index in [1.54, 1.807) is 0 Å². The quantitative estimate of drug-likeness (QED) is 0.902. The molecule has 0 spiro atoms. The highest BCUT2D eigenvalue weighted by Crippen LogP contribution is 2.20. The zero-order valence-electron chi connectivity index (χ0n) is 11.6. The first-order valence-corrected chi connectivity index (χ1v) is 7.21. The van der Waals surface area contributed by atoms with Gasteiger partial charge in [-0.05, 0) is 42.8 Å². The second kappa shape index (κ2) is 5.72. The summed E-state index contributed by atoms with van der Waals surface area (Å²) in [6.07, 6.45) is 2.65. The van der Waals surface area contributed by atoms with Crippen LogP contribution in [0.4, 0.5) is 0 Å². The number of hydrogen-bond acceptors (Lipinski definition) is 2. The number of benzene rings is 2. The summed E-state index contributed by atoms with van der Waals surface area (Å²) in [6, 6.07) is 15.9. The maximum atomic E-state index is 3.57. The maximum Gasteiger partial charge on any atom is 0.0237 e. The number of nitrogens with zero attached hydrogens (tertiary/aromatic N) is 1. The molecule has 1 fully saturated rings. The molecule has 1 saturated heterocycles. The molecule has 0 saturated carbocycles. The van der Waals surface area contributed by atoms with Crippen LogP contribution < -0.4 is 5.32 Å². The summed E-state index contributed by atoms with van der Waals surface area (Å²) in [5, 5.41) is 6.29. The van der Waals surface area contributed by atoms with Gasteiger partial charge in [0.25, 0.3) is 0 Å². The minimum Gasteiger partial charge on any atom is -0.313 e. The number of rotatable bonds is 4. The van der Waals surface area contributed by atoms with Gasteiger partial charge in [0.15, 0.2) is 0 Å². The molecular formula is C17H22N2. The van der Waals surface area contributed by atoms with Gasteiger partial charge in [0.05, 0.1) is 0 Å². The van der Waals surface area contributed by atoms with E-state index in [2.05, 4.69) is 59.7 Å². The molecule has 1 aliphatic heterocycles. The smallest absolute Gasteiger partial charge is 0.0237 e. The molecule has 1 heterocycles. The van der Waals surface area contributed by atoms with Gasteiger partial charge in [-0.15, -0.1) is 0 Å². The molecule has 1 aliphatic rings. The second-order valence-corrected chi connectivity index (χ2v) is 5.63. The summed E-state index contributed by atoms with van der Waals surface area (Å²) in [4.78, 5) is 2.44. The van der Waals surface area contributed by atoms with Gasteiger partial charge in [-0.1, -0.05) is 42.5 Å². The van der Waals surface area contributed by atoms with Gasteiger partial charge in [0.2, 0.25) is 0 Å². The fourth-order valence-corrected chi connectivity index (χ4v) is 3.07. The average molecular weight is 254 g/mol. The van der Waals surface area contributed by atoms with Gasteiger partial charge in [0.1, 0.15) is 0 Å². The van der Waals surface area contributed by atoms with E-state index >= 15 is 0 Å². The molecular weight excluding hydrogens is 232 g/mol. The number of likely N-dealkylation sites (N-methyl/N-ethyl adjacent to an activating group) is 1. The van der Waals surface area contributed by atoms with Crippen molar-refractivity contribution in [2.75, 3.05) is 20.1 Å². The number of fused-ring (bicyclic) bond motifs is 1. The Labute approximate surface area is 115 Å². The van der Waals surface area contributed by atoms with Crippen LogP contribution in [0.15, 0.2) is 42.5 Å². The normalized spacial score (nSPS) is 19.4. The minimum atomic E-state index is 0.681. The van der Waals surface area contributed by atoms with Crippen LogP contribution in [0.1, 0.15) is 18.4 Å². The Morgan fingerprint density at radius 3 is 2.84 bits per heavy atom. The molecule has 100 valence electrons. The summed E-state index contributed by atoms with van der Waals surface area (Å²) in [6.45, 7) is 3.36. The zero-order chi connectivity index (χ0) is 13.1. The summed E-state index contributed by atoms with van der Waals surface area (Å²) in [7, 11) is 2.22. The topological polar surface area (TPSA) is 15.3 Å². The van der Waals surface area contributed by atoms with Gasteiger partial charge < -0.3 is 10.2 Å². The van der Waals surface area contributed by atoms with E-state index in [1.807, 2.05) is 0 Å². The highest BCUT2D eigenvalue weighted by molar-refractivity contribution is 5.85. The molecule has 2 nitrogen and oxygen atoms in total. The Hall–Kier alpha value is -1.38. The lowest BCUT2D eigenvalue weighted by atomic mass is 10.0. The van der Waals surface area contributed by atoms with E-state index < -0.39 is 0 Å². The van der Waals surface area contributed by atoms with Crippen LogP contribution in [0.25, 0.3) is 10.8 Å². The van der Waals surface area contributed by atoms with Crippen molar-refractivity contribution in [2.45, 2.75) is 25.4 Å². The first kappa shape index (κ1) is 12.6. The largest absolute Gasteiger partial charge is 0.313 e. The Kier molecular flexibility index (Phi) is 3.81. The Bertz CT molecular complexity index is 538. The van der Waals surface area contributed by atoms with Crippen LogP contribution in [0, 0.1) is 0 Å². The predicted octanol–water partition coefficient (Wildman–Crippen LogP) is 3.02. The molecule has 2 heteroatoms. The van der Waals surface area contributed by atoms with Gasteiger partial charge in [0, 0.05) is 19.1 Å². The minimum absolute atomic E-state index is 0.681. The van der Waals surface area contributed by atoms with Crippen molar-refractivity contribution in [3.8, 4) is 0 Å².